The van der Waals surface area contributed by atoms with Crippen molar-refractivity contribution in [2.75, 3.05) is 12.4 Å². The van der Waals surface area contributed by atoms with Gasteiger partial charge in [0.2, 0.25) is 0 Å². The summed E-state index contributed by atoms with van der Waals surface area (Å²) in [5, 5.41) is 2.05. The van der Waals surface area contributed by atoms with Crippen molar-refractivity contribution in [1.82, 2.24) is 5.32 Å². The lowest BCUT2D eigenvalue weighted by Gasteiger charge is -2.06. The maximum absolute atomic E-state index is 11.1. The Morgan fingerprint density at radius 1 is 1.64 bits per heavy atom. The maximum Gasteiger partial charge on any atom is 0.516 e. The molecule has 1 rings (SSSR count). The minimum atomic E-state index is -1.04. The number of rotatable bonds is 2. The van der Waals surface area contributed by atoms with E-state index in [0.717, 1.165) is 11.8 Å². The molecular weight excluding hydrogens is 210 g/mol. The van der Waals surface area contributed by atoms with Crippen molar-refractivity contribution >= 4 is 29.1 Å². The summed E-state index contributed by atoms with van der Waals surface area (Å²) in [6, 6.07) is -0.753. The van der Waals surface area contributed by atoms with Crippen LogP contribution in [-0.2, 0) is 14.3 Å². The van der Waals surface area contributed by atoms with Crippen LogP contribution < -0.4 is 5.32 Å². The van der Waals surface area contributed by atoms with Crippen molar-refractivity contribution < 1.29 is 23.9 Å². The normalized spacial score (nSPS) is 20.1. The molecule has 78 valence electrons. The Morgan fingerprint density at radius 3 is 2.86 bits per heavy atom. The first-order valence-electron chi connectivity index (χ1n) is 3.95. The van der Waals surface area contributed by atoms with Gasteiger partial charge in [-0.05, 0) is 6.92 Å². The van der Waals surface area contributed by atoms with Gasteiger partial charge in [-0.2, -0.15) is 0 Å². The van der Waals surface area contributed by atoms with Crippen LogP contribution in [0.25, 0.3) is 0 Å². The molecule has 1 heterocycles. The van der Waals surface area contributed by atoms with Gasteiger partial charge in [-0.1, -0.05) is 11.8 Å². The SMILES string of the molecule is CCOC(=O)OC(=O)C1CSC(=O)N1. The van der Waals surface area contributed by atoms with Gasteiger partial charge in [0.1, 0.15) is 6.04 Å². The zero-order valence-electron chi connectivity index (χ0n) is 7.44. The molecule has 1 atom stereocenters. The van der Waals surface area contributed by atoms with Crippen molar-refractivity contribution in [3.63, 3.8) is 0 Å². The van der Waals surface area contributed by atoms with Crippen LogP contribution in [0.3, 0.4) is 0 Å². The van der Waals surface area contributed by atoms with Gasteiger partial charge in [0.25, 0.3) is 5.24 Å². The third-order valence-corrected chi connectivity index (χ3v) is 2.28. The first kappa shape index (κ1) is 10.8. The highest BCUT2D eigenvalue weighted by molar-refractivity contribution is 8.14. The molecular formula is C7H9NO5S. The topological polar surface area (TPSA) is 81.7 Å². The number of amides is 1. The van der Waals surface area contributed by atoms with Crippen LogP contribution in [0, 0.1) is 0 Å². The number of carbonyl (C=O) groups is 3. The zero-order chi connectivity index (χ0) is 10.6. The molecule has 0 aromatic heterocycles. The van der Waals surface area contributed by atoms with Crippen molar-refractivity contribution in [1.29, 1.82) is 0 Å². The van der Waals surface area contributed by atoms with E-state index in [1.54, 1.807) is 6.92 Å². The quantitative estimate of drug-likeness (QED) is 0.538. The van der Waals surface area contributed by atoms with Crippen molar-refractivity contribution in [2.24, 2.45) is 0 Å². The van der Waals surface area contributed by atoms with Crippen LogP contribution in [0.15, 0.2) is 0 Å². The summed E-state index contributed by atoms with van der Waals surface area (Å²) < 4.78 is 8.69. The summed E-state index contributed by atoms with van der Waals surface area (Å²) in [6.07, 6.45) is -1.04. The molecule has 1 amide bonds. The van der Waals surface area contributed by atoms with E-state index in [0.29, 0.717) is 0 Å². The number of hydrogen-bond donors (Lipinski definition) is 1. The van der Waals surface area contributed by atoms with Crippen LogP contribution in [-0.4, -0.2) is 35.8 Å². The molecule has 1 aliphatic rings. The van der Waals surface area contributed by atoms with E-state index in [9.17, 15) is 14.4 Å². The lowest BCUT2D eigenvalue weighted by molar-refractivity contribution is -0.141. The van der Waals surface area contributed by atoms with Crippen LogP contribution in [0.5, 0.6) is 0 Å². The smallest absolute Gasteiger partial charge is 0.434 e. The predicted octanol–water partition coefficient (Wildman–Crippen LogP) is 0.511. The Balaban J connectivity index is 2.35. The molecule has 7 heteroatoms. The van der Waals surface area contributed by atoms with Crippen LogP contribution in [0.1, 0.15) is 6.92 Å². The van der Waals surface area contributed by atoms with Crippen LogP contribution >= 0.6 is 11.8 Å². The van der Waals surface area contributed by atoms with Gasteiger partial charge in [-0.3, -0.25) is 4.79 Å². The minimum Gasteiger partial charge on any atom is -0.434 e. The summed E-state index contributed by atoms with van der Waals surface area (Å²) in [7, 11) is 0. The van der Waals surface area contributed by atoms with Gasteiger partial charge in [0.15, 0.2) is 0 Å². The number of hydrogen-bond acceptors (Lipinski definition) is 6. The second-order valence-corrected chi connectivity index (χ2v) is 3.39. The molecule has 0 aromatic rings. The molecule has 1 unspecified atom stereocenters. The molecule has 1 aliphatic heterocycles. The number of esters is 1. The molecule has 1 saturated heterocycles. The predicted molar refractivity (Wildman–Crippen MR) is 47.9 cm³/mol. The first-order chi connectivity index (χ1) is 6.63. The molecule has 1 N–H and O–H groups in total. The average Bonchev–Trinajstić information content (AvgIpc) is 2.52. The average molecular weight is 219 g/mol. The summed E-state index contributed by atoms with van der Waals surface area (Å²) in [5.74, 6) is -0.515. The Bertz CT molecular complexity index is 267. The highest BCUT2D eigenvalue weighted by Crippen LogP contribution is 2.13. The van der Waals surface area contributed by atoms with Crippen LogP contribution in [0.4, 0.5) is 9.59 Å². The molecule has 0 radical (unpaired) electrons. The third-order valence-electron chi connectivity index (χ3n) is 1.40. The maximum atomic E-state index is 11.1. The Kier molecular flexibility index (Phi) is 3.75. The third kappa shape index (κ3) is 2.91. The second-order valence-electron chi connectivity index (χ2n) is 2.40. The zero-order valence-corrected chi connectivity index (χ0v) is 8.26. The molecule has 0 bridgehead atoms. The highest BCUT2D eigenvalue weighted by Gasteiger charge is 2.31. The number of ether oxygens (including phenoxy) is 2. The molecule has 14 heavy (non-hydrogen) atoms. The van der Waals surface area contributed by atoms with E-state index in [-0.39, 0.29) is 17.6 Å². The summed E-state index contributed by atoms with van der Waals surface area (Å²) in [5.41, 5.74) is 0. The van der Waals surface area contributed by atoms with Crippen molar-refractivity contribution in [2.45, 2.75) is 13.0 Å². The van der Waals surface area contributed by atoms with Crippen molar-refractivity contribution in [3.05, 3.63) is 0 Å². The number of nitrogens with one attached hydrogen (secondary N) is 1. The van der Waals surface area contributed by atoms with E-state index in [2.05, 4.69) is 14.8 Å². The molecule has 0 aliphatic carbocycles. The highest BCUT2D eigenvalue weighted by atomic mass is 32.2. The monoisotopic (exact) mass is 219 g/mol. The fourth-order valence-electron chi connectivity index (χ4n) is 0.812. The van der Waals surface area contributed by atoms with Crippen molar-refractivity contribution in [3.8, 4) is 0 Å². The molecule has 0 saturated carbocycles. The number of thioether (sulfide) groups is 1. The Labute approximate surface area is 84.3 Å². The lowest BCUT2D eigenvalue weighted by Crippen LogP contribution is -2.37. The summed E-state index contributed by atoms with van der Waals surface area (Å²) in [4.78, 5) is 32.5. The first-order valence-corrected chi connectivity index (χ1v) is 4.93. The van der Waals surface area contributed by atoms with Gasteiger partial charge in [0, 0.05) is 5.75 Å². The fourth-order valence-corrected chi connectivity index (χ4v) is 1.58. The summed E-state index contributed by atoms with van der Waals surface area (Å²) in [6.45, 7) is 1.73. The standard InChI is InChI=1S/C7H9NO5S/c1-2-12-7(11)13-5(9)4-3-14-6(10)8-4/h4H,2-3H2,1H3,(H,8,10). The molecule has 0 spiro atoms. The lowest BCUT2D eigenvalue weighted by atomic mass is 10.3. The van der Waals surface area contributed by atoms with E-state index in [1.165, 1.54) is 0 Å². The molecule has 6 nitrogen and oxygen atoms in total. The minimum absolute atomic E-state index is 0.137. The van der Waals surface area contributed by atoms with E-state index < -0.39 is 18.2 Å². The van der Waals surface area contributed by atoms with E-state index in [1.807, 2.05) is 0 Å². The molecule has 0 aromatic carbocycles. The molecule has 1 fully saturated rings. The van der Waals surface area contributed by atoms with Crippen LogP contribution in [0.2, 0.25) is 0 Å². The fraction of sp³-hybridized carbons (Fsp3) is 0.571. The van der Waals surface area contributed by atoms with E-state index >= 15 is 0 Å². The Morgan fingerprint density at radius 2 is 2.36 bits per heavy atom. The summed E-state index contributed by atoms with van der Waals surface area (Å²) >= 11 is 0.971. The van der Waals surface area contributed by atoms with E-state index in [4.69, 9.17) is 0 Å². The van der Waals surface area contributed by atoms with Gasteiger partial charge in [-0.15, -0.1) is 0 Å². The van der Waals surface area contributed by atoms with Gasteiger partial charge in [0.05, 0.1) is 6.61 Å². The second kappa shape index (κ2) is 4.85. The largest absolute Gasteiger partial charge is 0.516 e. The van der Waals surface area contributed by atoms with Gasteiger partial charge in [-0.25, -0.2) is 9.59 Å². The van der Waals surface area contributed by atoms with Gasteiger partial charge < -0.3 is 14.8 Å². The number of carbonyl (C=O) groups excluding carboxylic acids is 3. The van der Waals surface area contributed by atoms with Gasteiger partial charge >= 0.3 is 12.1 Å². The Hall–Kier alpha value is -1.24.